The number of piperazine rings is 1. The highest BCUT2D eigenvalue weighted by atomic mass is 16.5. The van der Waals surface area contributed by atoms with Crippen molar-refractivity contribution in [1.29, 1.82) is 0 Å². The molecule has 0 aromatic rings. The van der Waals surface area contributed by atoms with Gasteiger partial charge in [-0.25, -0.2) is 0 Å². The molecule has 1 N–H and O–H groups in total. The molecule has 0 spiro atoms. The van der Waals surface area contributed by atoms with E-state index in [1.165, 1.54) is 26.5 Å². The number of hydrogen-bond donors (Lipinski definition) is 1. The summed E-state index contributed by atoms with van der Waals surface area (Å²) in [6.45, 7) is 11.3. The summed E-state index contributed by atoms with van der Waals surface area (Å²) >= 11 is 0. The molecule has 1 aliphatic carbocycles. The number of methoxy groups -OCH3 is 1. The number of rotatable bonds is 8. The minimum Gasteiger partial charge on any atom is -0.468 e. The van der Waals surface area contributed by atoms with Gasteiger partial charge in [0.25, 0.3) is 0 Å². The number of carbonyl (C=O) groups excluding carboxylic acids is 1. The predicted octanol–water partition coefficient (Wildman–Crippen LogP) is 0.945. The Morgan fingerprint density at radius 3 is 2.38 bits per heavy atom. The zero-order valence-corrected chi connectivity index (χ0v) is 13.9. The molecule has 1 atom stereocenters. The van der Waals surface area contributed by atoms with E-state index >= 15 is 0 Å². The SMILES string of the molecule is CCCNC(C)(CN1CCN(CC2CC2)CC1)C(=O)OC. The summed E-state index contributed by atoms with van der Waals surface area (Å²) < 4.78 is 5.00. The van der Waals surface area contributed by atoms with Crippen LogP contribution in [0.15, 0.2) is 0 Å². The molecule has 1 saturated heterocycles. The summed E-state index contributed by atoms with van der Waals surface area (Å²) in [7, 11) is 1.47. The van der Waals surface area contributed by atoms with E-state index in [4.69, 9.17) is 4.74 Å². The second kappa shape index (κ2) is 7.56. The van der Waals surface area contributed by atoms with Crippen LogP contribution in [0.5, 0.6) is 0 Å². The lowest BCUT2D eigenvalue weighted by Crippen LogP contribution is -2.60. The van der Waals surface area contributed by atoms with Gasteiger partial charge in [-0.3, -0.25) is 9.69 Å². The lowest BCUT2D eigenvalue weighted by atomic mass is 10.0. The highest BCUT2D eigenvalue weighted by Crippen LogP contribution is 2.30. The molecule has 0 bridgehead atoms. The van der Waals surface area contributed by atoms with Gasteiger partial charge in [-0.15, -0.1) is 0 Å². The molecule has 1 heterocycles. The summed E-state index contributed by atoms with van der Waals surface area (Å²) in [5.41, 5.74) is -0.594. The Balaban J connectivity index is 1.81. The van der Waals surface area contributed by atoms with Gasteiger partial charge in [0.1, 0.15) is 5.54 Å². The van der Waals surface area contributed by atoms with Crippen LogP contribution in [0.25, 0.3) is 0 Å². The molecule has 5 heteroatoms. The summed E-state index contributed by atoms with van der Waals surface area (Å²) in [5.74, 6) is 0.805. The summed E-state index contributed by atoms with van der Waals surface area (Å²) in [5, 5.41) is 3.37. The van der Waals surface area contributed by atoms with Gasteiger partial charge >= 0.3 is 5.97 Å². The van der Waals surface area contributed by atoms with E-state index in [2.05, 4.69) is 22.0 Å². The molecule has 0 aromatic heterocycles. The standard InChI is InChI=1S/C16H31N3O2/c1-4-7-17-16(2,15(20)21-3)13-19-10-8-18(9-11-19)12-14-5-6-14/h14,17H,4-13H2,1-3H3. The number of nitrogens with one attached hydrogen (secondary N) is 1. The van der Waals surface area contributed by atoms with Crippen LogP contribution >= 0.6 is 0 Å². The summed E-state index contributed by atoms with van der Waals surface area (Å²) in [4.78, 5) is 17.1. The summed E-state index contributed by atoms with van der Waals surface area (Å²) in [6.07, 6.45) is 3.85. The van der Waals surface area contributed by atoms with Crippen LogP contribution < -0.4 is 5.32 Å². The number of carbonyl (C=O) groups is 1. The van der Waals surface area contributed by atoms with Gasteiger partial charge in [-0.2, -0.15) is 0 Å². The van der Waals surface area contributed by atoms with Crippen molar-refractivity contribution in [3.05, 3.63) is 0 Å². The maximum absolute atomic E-state index is 12.1. The van der Waals surface area contributed by atoms with Crippen LogP contribution in [-0.4, -0.2) is 74.2 Å². The molecule has 0 radical (unpaired) electrons. The van der Waals surface area contributed by atoms with Crippen LogP contribution in [0, 0.1) is 5.92 Å². The van der Waals surface area contributed by atoms with Crippen molar-refractivity contribution in [2.75, 3.05) is 52.9 Å². The molecule has 1 aliphatic heterocycles. The molecular weight excluding hydrogens is 266 g/mol. The van der Waals surface area contributed by atoms with E-state index in [9.17, 15) is 4.79 Å². The molecule has 0 amide bonds. The number of hydrogen-bond acceptors (Lipinski definition) is 5. The van der Waals surface area contributed by atoms with Gasteiger partial charge in [0.15, 0.2) is 0 Å². The Morgan fingerprint density at radius 1 is 1.24 bits per heavy atom. The minimum atomic E-state index is -0.594. The molecule has 1 saturated carbocycles. The molecule has 122 valence electrons. The Kier molecular flexibility index (Phi) is 6.02. The highest BCUT2D eigenvalue weighted by Gasteiger charge is 2.36. The van der Waals surface area contributed by atoms with Crippen molar-refractivity contribution < 1.29 is 9.53 Å². The fourth-order valence-corrected chi connectivity index (χ4v) is 3.06. The Labute approximate surface area is 129 Å². The second-order valence-electron chi connectivity index (χ2n) is 6.77. The highest BCUT2D eigenvalue weighted by molar-refractivity contribution is 5.80. The third-order valence-electron chi connectivity index (χ3n) is 4.62. The van der Waals surface area contributed by atoms with Crippen LogP contribution in [0.3, 0.4) is 0 Å². The average Bonchev–Trinajstić information content (AvgIpc) is 3.30. The minimum absolute atomic E-state index is 0.156. The first-order chi connectivity index (χ1) is 10.1. The first kappa shape index (κ1) is 16.7. The van der Waals surface area contributed by atoms with E-state index < -0.39 is 5.54 Å². The lowest BCUT2D eigenvalue weighted by Gasteiger charge is -2.39. The molecule has 1 unspecified atom stereocenters. The van der Waals surface area contributed by atoms with Crippen molar-refractivity contribution in [2.45, 2.75) is 38.6 Å². The van der Waals surface area contributed by atoms with Crippen LogP contribution in [0.1, 0.15) is 33.1 Å². The topological polar surface area (TPSA) is 44.8 Å². The predicted molar refractivity (Wildman–Crippen MR) is 84.3 cm³/mol. The molecule has 2 aliphatic rings. The van der Waals surface area contributed by atoms with Crippen molar-refractivity contribution in [3.63, 3.8) is 0 Å². The first-order valence-corrected chi connectivity index (χ1v) is 8.35. The van der Waals surface area contributed by atoms with E-state index in [1.807, 2.05) is 6.92 Å². The Hall–Kier alpha value is -0.650. The van der Waals surface area contributed by atoms with Gasteiger partial charge in [0.05, 0.1) is 7.11 Å². The maximum Gasteiger partial charge on any atom is 0.327 e. The normalized spacial score (nSPS) is 23.8. The first-order valence-electron chi connectivity index (χ1n) is 8.35. The Morgan fingerprint density at radius 2 is 1.86 bits per heavy atom. The molecule has 2 fully saturated rings. The lowest BCUT2D eigenvalue weighted by molar-refractivity contribution is -0.149. The van der Waals surface area contributed by atoms with E-state index in [1.54, 1.807) is 0 Å². The number of nitrogens with zero attached hydrogens (tertiary/aromatic N) is 2. The molecule has 0 aromatic carbocycles. The van der Waals surface area contributed by atoms with Crippen molar-refractivity contribution in [3.8, 4) is 0 Å². The van der Waals surface area contributed by atoms with Gasteiger partial charge in [-0.1, -0.05) is 6.92 Å². The van der Waals surface area contributed by atoms with Gasteiger partial charge in [-0.05, 0) is 38.6 Å². The molecule has 2 rings (SSSR count). The van der Waals surface area contributed by atoms with Crippen molar-refractivity contribution >= 4 is 5.97 Å². The van der Waals surface area contributed by atoms with Gasteiger partial charge in [0, 0.05) is 39.3 Å². The molecule has 5 nitrogen and oxygen atoms in total. The fourth-order valence-electron chi connectivity index (χ4n) is 3.06. The van der Waals surface area contributed by atoms with Crippen LogP contribution in [-0.2, 0) is 9.53 Å². The van der Waals surface area contributed by atoms with E-state index in [-0.39, 0.29) is 5.97 Å². The third-order valence-corrected chi connectivity index (χ3v) is 4.62. The van der Waals surface area contributed by atoms with Crippen molar-refractivity contribution in [1.82, 2.24) is 15.1 Å². The Bertz CT molecular complexity index is 338. The zero-order chi connectivity index (χ0) is 15.3. The summed E-state index contributed by atoms with van der Waals surface area (Å²) in [6, 6.07) is 0. The second-order valence-corrected chi connectivity index (χ2v) is 6.77. The van der Waals surface area contributed by atoms with Crippen LogP contribution in [0.4, 0.5) is 0 Å². The van der Waals surface area contributed by atoms with E-state index in [0.29, 0.717) is 0 Å². The maximum atomic E-state index is 12.1. The fraction of sp³-hybridized carbons (Fsp3) is 0.938. The largest absolute Gasteiger partial charge is 0.468 e. The zero-order valence-electron chi connectivity index (χ0n) is 13.9. The van der Waals surface area contributed by atoms with Gasteiger partial charge in [0.2, 0.25) is 0 Å². The van der Waals surface area contributed by atoms with Crippen LogP contribution in [0.2, 0.25) is 0 Å². The van der Waals surface area contributed by atoms with E-state index in [0.717, 1.165) is 51.6 Å². The van der Waals surface area contributed by atoms with Gasteiger partial charge < -0.3 is 15.0 Å². The molecule has 21 heavy (non-hydrogen) atoms. The van der Waals surface area contributed by atoms with Crippen molar-refractivity contribution in [2.24, 2.45) is 5.92 Å². The quantitative estimate of drug-likeness (QED) is 0.676. The molecular formula is C16H31N3O2. The number of esters is 1. The monoisotopic (exact) mass is 297 g/mol. The smallest absolute Gasteiger partial charge is 0.327 e. The number of ether oxygens (including phenoxy) is 1. The average molecular weight is 297 g/mol. The third kappa shape index (κ3) is 4.94.